The van der Waals surface area contributed by atoms with Crippen molar-refractivity contribution in [2.75, 3.05) is 6.61 Å². The molecule has 12 heteroatoms. The summed E-state index contributed by atoms with van der Waals surface area (Å²) in [6.07, 6.45) is 0.109. The zero-order valence-electron chi connectivity index (χ0n) is 16.8. The van der Waals surface area contributed by atoms with Gasteiger partial charge in [0.2, 0.25) is 23.6 Å². The Morgan fingerprint density at radius 3 is 1.86 bits per heavy atom. The highest BCUT2D eigenvalue weighted by Crippen LogP contribution is 2.08. The monoisotopic (exact) mass is 417 g/mol. The Bertz CT molecular complexity index is 611. The Balaban J connectivity index is 5.24. The van der Waals surface area contributed by atoms with Crippen molar-refractivity contribution in [3.8, 4) is 0 Å². The fourth-order valence-electron chi connectivity index (χ4n) is 2.26. The summed E-state index contributed by atoms with van der Waals surface area (Å²) >= 11 is 0. The largest absolute Gasteiger partial charge is 0.480 e. The summed E-state index contributed by atoms with van der Waals surface area (Å²) in [7, 11) is 0. The molecular weight excluding hydrogens is 386 g/mol. The van der Waals surface area contributed by atoms with Crippen LogP contribution in [-0.4, -0.2) is 70.6 Å². The Morgan fingerprint density at radius 2 is 1.45 bits per heavy atom. The van der Waals surface area contributed by atoms with Gasteiger partial charge in [0.1, 0.15) is 18.1 Å². The van der Waals surface area contributed by atoms with Crippen LogP contribution in [0.1, 0.15) is 40.0 Å². The number of aliphatic hydroxyl groups excluding tert-OH is 1. The Kier molecular flexibility index (Phi) is 11.5. The van der Waals surface area contributed by atoms with E-state index >= 15 is 0 Å². The van der Waals surface area contributed by atoms with Crippen LogP contribution in [0.4, 0.5) is 0 Å². The average molecular weight is 417 g/mol. The molecule has 0 aromatic rings. The van der Waals surface area contributed by atoms with Gasteiger partial charge in [-0.05, 0) is 19.3 Å². The lowest BCUT2D eigenvalue weighted by Crippen LogP contribution is -2.58. The van der Waals surface area contributed by atoms with Gasteiger partial charge in [-0.2, -0.15) is 0 Å². The van der Waals surface area contributed by atoms with Crippen LogP contribution in [0.2, 0.25) is 0 Å². The molecule has 5 unspecified atom stereocenters. The first-order valence-corrected chi connectivity index (χ1v) is 9.23. The van der Waals surface area contributed by atoms with E-state index in [-0.39, 0.29) is 18.8 Å². The first kappa shape index (κ1) is 26.3. The molecule has 4 amide bonds. The molecule has 0 aromatic carbocycles. The zero-order valence-corrected chi connectivity index (χ0v) is 16.8. The number of rotatable bonds is 13. The predicted molar refractivity (Wildman–Crippen MR) is 102 cm³/mol. The number of nitrogens with one attached hydrogen (secondary N) is 3. The van der Waals surface area contributed by atoms with Gasteiger partial charge in [-0.25, -0.2) is 4.79 Å². The molecule has 0 aliphatic carbocycles. The van der Waals surface area contributed by atoms with Gasteiger partial charge in [-0.3, -0.25) is 19.2 Å². The van der Waals surface area contributed by atoms with Crippen LogP contribution >= 0.6 is 0 Å². The predicted octanol–water partition coefficient (Wildman–Crippen LogP) is -2.82. The van der Waals surface area contributed by atoms with Crippen molar-refractivity contribution in [1.82, 2.24) is 16.0 Å². The lowest BCUT2D eigenvalue weighted by molar-refractivity contribution is -0.144. The number of primary amides is 1. The second-order valence-corrected chi connectivity index (χ2v) is 6.81. The van der Waals surface area contributed by atoms with Crippen LogP contribution in [-0.2, 0) is 24.0 Å². The Labute approximate surface area is 168 Å². The molecule has 29 heavy (non-hydrogen) atoms. The maximum Gasteiger partial charge on any atom is 0.326 e. The molecule has 0 aromatic heterocycles. The summed E-state index contributed by atoms with van der Waals surface area (Å²) in [4.78, 5) is 58.9. The number of carbonyl (C=O) groups is 5. The van der Waals surface area contributed by atoms with Gasteiger partial charge in [0.25, 0.3) is 0 Å². The highest BCUT2D eigenvalue weighted by Gasteiger charge is 2.31. The normalized spacial score (nSPS) is 15.9. The molecule has 0 fully saturated rings. The Morgan fingerprint density at radius 1 is 0.931 bits per heavy atom. The summed E-state index contributed by atoms with van der Waals surface area (Å²) in [6.45, 7) is 3.97. The van der Waals surface area contributed by atoms with Gasteiger partial charge < -0.3 is 37.6 Å². The minimum Gasteiger partial charge on any atom is -0.480 e. The third-order valence-corrected chi connectivity index (χ3v) is 4.32. The van der Waals surface area contributed by atoms with Crippen LogP contribution < -0.4 is 27.4 Å². The molecule has 5 atom stereocenters. The maximum absolute atomic E-state index is 12.5. The number of nitrogens with two attached hydrogens (primary N) is 2. The van der Waals surface area contributed by atoms with Gasteiger partial charge in [0, 0.05) is 6.42 Å². The fourth-order valence-corrected chi connectivity index (χ4v) is 2.26. The number of amides is 4. The maximum atomic E-state index is 12.5. The number of carbonyl (C=O) groups excluding carboxylic acids is 4. The van der Waals surface area contributed by atoms with Crippen molar-refractivity contribution >= 4 is 29.6 Å². The van der Waals surface area contributed by atoms with E-state index in [9.17, 15) is 34.2 Å². The second kappa shape index (κ2) is 12.7. The minimum atomic E-state index is -1.46. The van der Waals surface area contributed by atoms with Gasteiger partial charge in [0.15, 0.2) is 0 Å². The smallest absolute Gasteiger partial charge is 0.326 e. The number of hydrogen-bond acceptors (Lipinski definition) is 7. The van der Waals surface area contributed by atoms with E-state index < -0.39 is 60.4 Å². The zero-order chi connectivity index (χ0) is 22.7. The second-order valence-electron chi connectivity index (χ2n) is 6.81. The van der Waals surface area contributed by atoms with Crippen molar-refractivity contribution < 1.29 is 34.2 Å². The number of carboxylic acids is 1. The minimum absolute atomic E-state index is 0.149. The van der Waals surface area contributed by atoms with E-state index in [2.05, 4.69) is 16.0 Å². The summed E-state index contributed by atoms with van der Waals surface area (Å²) in [5.74, 6) is -4.76. The van der Waals surface area contributed by atoms with Gasteiger partial charge in [-0.15, -0.1) is 0 Å². The highest BCUT2D eigenvalue weighted by atomic mass is 16.4. The van der Waals surface area contributed by atoms with Crippen molar-refractivity contribution in [2.45, 2.75) is 64.2 Å². The van der Waals surface area contributed by atoms with E-state index in [0.29, 0.717) is 6.42 Å². The lowest BCUT2D eigenvalue weighted by atomic mass is 9.99. The van der Waals surface area contributed by atoms with Crippen LogP contribution in [0.15, 0.2) is 0 Å². The van der Waals surface area contributed by atoms with Gasteiger partial charge >= 0.3 is 5.97 Å². The van der Waals surface area contributed by atoms with Crippen molar-refractivity contribution in [3.63, 3.8) is 0 Å². The van der Waals surface area contributed by atoms with E-state index in [1.54, 1.807) is 13.8 Å². The molecular formula is C17H31N5O7. The van der Waals surface area contributed by atoms with Crippen LogP contribution in [0.3, 0.4) is 0 Å². The van der Waals surface area contributed by atoms with Crippen LogP contribution in [0, 0.1) is 5.92 Å². The molecule has 0 rings (SSSR count). The molecule has 0 heterocycles. The Hall–Kier alpha value is -2.73. The van der Waals surface area contributed by atoms with Gasteiger partial charge in [-0.1, -0.05) is 20.3 Å². The molecule has 12 nitrogen and oxygen atoms in total. The number of hydrogen-bond donors (Lipinski definition) is 7. The van der Waals surface area contributed by atoms with Crippen molar-refractivity contribution in [1.29, 1.82) is 0 Å². The number of aliphatic carboxylic acids is 1. The highest BCUT2D eigenvalue weighted by molar-refractivity contribution is 5.94. The molecule has 166 valence electrons. The third-order valence-electron chi connectivity index (χ3n) is 4.32. The quantitative estimate of drug-likeness (QED) is 0.165. The summed E-state index contributed by atoms with van der Waals surface area (Å²) < 4.78 is 0. The van der Waals surface area contributed by atoms with Crippen molar-refractivity contribution in [3.05, 3.63) is 0 Å². The third kappa shape index (κ3) is 9.34. The number of carboxylic acid groups (broad SMARTS) is 1. The topological polar surface area (TPSA) is 214 Å². The SMILES string of the molecule is CCC(C)C(NC(=O)C(CO)NC(=O)C(CCC(N)=O)NC(=O)C(C)N)C(=O)O. The molecule has 0 radical (unpaired) electrons. The summed E-state index contributed by atoms with van der Waals surface area (Å²) in [6, 6.07) is -4.83. The van der Waals surface area contributed by atoms with E-state index in [1.165, 1.54) is 6.92 Å². The van der Waals surface area contributed by atoms with Gasteiger partial charge in [0.05, 0.1) is 12.6 Å². The summed E-state index contributed by atoms with van der Waals surface area (Å²) in [5, 5.41) is 25.6. The lowest BCUT2D eigenvalue weighted by Gasteiger charge is -2.25. The fraction of sp³-hybridized carbons (Fsp3) is 0.706. The first-order valence-electron chi connectivity index (χ1n) is 9.23. The molecule has 0 bridgehead atoms. The summed E-state index contributed by atoms with van der Waals surface area (Å²) in [5.41, 5.74) is 10.5. The standard InChI is InChI=1S/C17H31N5O7/c1-4-8(2)13(17(28)29)22-16(27)11(7-23)21-15(26)10(5-6-12(19)24)20-14(25)9(3)18/h8-11,13,23H,4-7,18H2,1-3H3,(H2,19,24)(H,20,25)(H,21,26)(H,22,27)(H,28,29). The number of aliphatic hydroxyl groups is 1. The van der Waals surface area contributed by atoms with Crippen LogP contribution in [0.25, 0.3) is 0 Å². The molecule has 0 spiro atoms. The van der Waals surface area contributed by atoms with E-state index in [1.807, 2.05) is 0 Å². The molecule has 0 saturated heterocycles. The molecule has 0 aliphatic heterocycles. The molecule has 9 N–H and O–H groups in total. The molecule has 0 aliphatic rings. The average Bonchev–Trinajstić information content (AvgIpc) is 2.65. The molecule has 0 saturated carbocycles. The van der Waals surface area contributed by atoms with Crippen LogP contribution in [0.5, 0.6) is 0 Å². The van der Waals surface area contributed by atoms with E-state index in [0.717, 1.165) is 0 Å². The van der Waals surface area contributed by atoms with Crippen molar-refractivity contribution in [2.24, 2.45) is 17.4 Å². The first-order chi connectivity index (χ1) is 13.4. The van der Waals surface area contributed by atoms with E-state index in [4.69, 9.17) is 11.5 Å².